The van der Waals surface area contributed by atoms with Crippen LogP contribution in [-0.4, -0.2) is 42.9 Å². The van der Waals surface area contributed by atoms with Crippen LogP contribution in [0.2, 0.25) is 0 Å². The molecule has 2 N–H and O–H groups in total. The van der Waals surface area contributed by atoms with Gasteiger partial charge in [-0.05, 0) is 56.4 Å². The second-order valence-electron chi connectivity index (χ2n) is 8.84. The average molecular weight is 469 g/mol. The Balaban J connectivity index is 1.18. The predicted molar refractivity (Wildman–Crippen MR) is 122 cm³/mol. The number of halogens is 2. The molecule has 0 spiro atoms. The summed E-state index contributed by atoms with van der Waals surface area (Å²) >= 11 is 0. The normalized spacial score (nSPS) is 20.2. The summed E-state index contributed by atoms with van der Waals surface area (Å²) in [4.78, 5) is 21.3. The lowest BCUT2D eigenvalue weighted by Gasteiger charge is -2.16. The summed E-state index contributed by atoms with van der Waals surface area (Å²) in [7, 11) is 0. The van der Waals surface area contributed by atoms with Gasteiger partial charge in [0.2, 0.25) is 5.95 Å². The van der Waals surface area contributed by atoms with Gasteiger partial charge >= 0.3 is 6.11 Å². The molecule has 11 heteroatoms. The van der Waals surface area contributed by atoms with Crippen molar-refractivity contribution >= 4 is 11.8 Å². The maximum absolute atomic E-state index is 13.2. The fraction of sp³-hybridized carbons (Fsp3) is 0.435. The number of pyridine rings is 2. The summed E-state index contributed by atoms with van der Waals surface area (Å²) < 4.78 is 32.0. The molecule has 2 aliphatic rings. The molecule has 3 heterocycles. The van der Waals surface area contributed by atoms with Gasteiger partial charge in [-0.15, -0.1) is 10.2 Å². The van der Waals surface area contributed by atoms with Gasteiger partial charge in [-0.2, -0.15) is 8.78 Å². The van der Waals surface area contributed by atoms with Crippen LogP contribution in [-0.2, 0) is 0 Å². The molecular formula is C23H25F2N7O2. The zero-order valence-corrected chi connectivity index (χ0v) is 18.6. The van der Waals surface area contributed by atoms with Crippen LogP contribution >= 0.6 is 0 Å². The number of ether oxygens (including phenoxy) is 1. The highest BCUT2D eigenvalue weighted by atomic mass is 19.3. The Morgan fingerprint density at radius 1 is 1.03 bits per heavy atom. The smallest absolute Gasteiger partial charge is 0.395 e. The van der Waals surface area contributed by atoms with E-state index in [1.54, 1.807) is 12.1 Å². The van der Waals surface area contributed by atoms with E-state index in [1.165, 1.54) is 41.9 Å². The number of anilines is 2. The molecule has 2 fully saturated rings. The Bertz CT molecular complexity index is 1190. The predicted octanol–water partition coefficient (Wildman–Crippen LogP) is 3.73. The van der Waals surface area contributed by atoms with Crippen molar-refractivity contribution in [2.45, 2.75) is 63.1 Å². The maximum Gasteiger partial charge on any atom is 0.395 e. The van der Waals surface area contributed by atoms with E-state index in [0.717, 1.165) is 25.0 Å². The largest absolute Gasteiger partial charge is 0.427 e. The fourth-order valence-corrected chi connectivity index (χ4v) is 4.11. The summed E-state index contributed by atoms with van der Waals surface area (Å²) in [5, 5.41) is 15.2. The van der Waals surface area contributed by atoms with E-state index in [2.05, 4.69) is 35.5 Å². The van der Waals surface area contributed by atoms with Gasteiger partial charge in [0.15, 0.2) is 5.75 Å². The quantitative estimate of drug-likeness (QED) is 0.514. The summed E-state index contributed by atoms with van der Waals surface area (Å²) in [6.07, 6.45) is 6.50. The maximum atomic E-state index is 13.2. The van der Waals surface area contributed by atoms with Gasteiger partial charge in [-0.25, -0.2) is 9.97 Å². The van der Waals surface area contributed by atoms with Gasteiger partial charge in [0.1, 0.15) is 5.82 Å². The number of hydrogen-bond acceptors (Lipinski definition) is 8. The van der Waals surface area contributed by atoms with E-state index in [0.29, 0.717) is 30.3 Å². The first kappa shape index (κ1) is 22.2. The Labute approximate surface area is 194 Å². The molecule has 2 saturated carbocycles. The van der Waals surface area contributed by atoms with Crippen molar-refractivity contribution in [2.75, 3.05) is 10.6 Å². The number of nitrogens with one attached hydrogen (secondary N) is 2. The second kappa shape index (κ2) is 8.96. The summed E-state index contributed by atoms with van der Waals surface area (Å²) in [6, 6.07) is 6.61. The number of nitrogens with zero attached hydrogens (tertiary/aromatic N) is 5. The van der Waals surface area contributed by atoms with E-state index >= 15 is 0 Å². The van der Waals surface area contributed by atoms with Crippen LogP contribution in [0.4, 0.5) is 20.5 Å². The Morgan fingerprint density at radius 3 is 2.47 bits per heavy atom. The molecule has 2 aliphatic carbocycles. The zero-order valence-electron chi connectivity index (χ0n) is 18.6. The Morgan fingerprint density at radius 2 is 1.82 bits per heavy atom. The van der Waals surface area contributed by atoms with Crippen LogP contribution in [0.5, 0.6) is 5.75 Å². The van der Waals surface area contributed by atoms with Crippen molar-refractivity contribution in [3.05, 3.63) is 58.9 Å². The van der Waals surface area contributed by atoms with Gasteiger partial charge in [0.05, 0.1) is 23.8 Å². The third kappa shape index (κ3) is 5.29. The monoisotopic (exact) mass is 469 g/mol. The van der Waals surface area contributed by atoms with Crippen LogP contribution in [0.3, 0.4) is 0 Å². The van der Waals surface area contributed by atoms with Crippen molar-refractivity contribution in [3.8, 4) is 11.4 Å². The molecule has 0 bridgehead atoms. The van der Waals surface area contributed by atoms with Crippen molar-refractivity contribution in [1.29, 1.82) is 0 Å². The topological polar surface area (TPSA) is 107 Å². The lowest BCUT2D eigenvalue weighted by atomic mass is 10.2. The lowest BCUT2D eigenvalue weighted by molar-refractivity contribution is -0.159. The number of aromatic nitrogens is 5. The van der Waals surface area contributed by atoms with Gasteiger partial charge in [0, 0.05) is 31.1 Å². The van der Waals surface area contributed by atoms with E-state index in [-0.39, 0.29) is 12.1 Å². The molecule has 34 heavy (non-hydrogen) atoms. The van der Waals surface area contributed by atoms with Crippen LogP contribution in [0.15, 0.2) is 47.7 Å². The molecule has 0 unspecified atom stereocenters. The fourth-order valence-electron chi connectivity index (χ4n) is 4.11. The number of hydrogen-bond donors (Lipinski definition) is 2. The summed E-state index contributed by atoms with van der Waals surface area (Å²) in [5.74, 6) is 1.32. The van der Waals surface area contributed by atoms with Crippen molar-refractivity contribution in [1.82, 2.24) is 24.7 Å². The lowest BCUT2D eigenvalue weighted by Crippen LogP contribution is -2.27. The molecule has 0 radical (unpaired) electrons. The molecule has 0 saturated heterocycles. The minimum atomic E-state index is -3.44. The van der Waals surface area contributed by atoms with E-state index in [9.17, 15) is 13.6 Å². The molecule has 9 nitrogen and oxygen atoms in total. The minimum Gasteiger partial charge on any atom is -0.427 e. The number of alkyl halides is 2. The highest BCUT2D eigenvalue weighted by Gasteiger charge is 2.28. The highest BCUT2D eigenvalue weighted by Crippen LogP contribution is 2.38. The van der Waals surface area contributed by atoms with Crippen molar-refractivity contribution < 1.29 is 13.5 Å². The van der Waals surface area contributed by atoms with Crippen LogP contribution in [0, 0.1) is 0 Å². The molecule has 5 rings (SSSR count). The molecule has 2 atom stereocenters. The van der Waals surface area contributed by atoms with Gasteiger partial charge in [0.25, 0.3) is 5.56 Å². The molecule has 0 aromatic carbocycles. The average Bonchev–Trinajstić information content (AvgIpc) is 3.56. The third-order valence-corrected chi connectivity index (χ3v) is 5.92. The number of rotatable bonds is 8. The Kier molecular flexibility index (Phi) is 5.84. The van der Waals surface area contributed by atoms with Crippen LogP contribution in [0.25, 0.3) is 5.69 Å². The first-order valence-corrected chi connectivity index (χ1v) is 11.3. The Hall–Kier alpha value is -3.63. The van der Waals surface area contributed by atoms with Crippen LogP contribution < -0.4 is 20.9 Å². The van der Waals surface area contributed by atoms with E-state index in [4.69, 9.17) is 0 Å². The molecule has 0 aliphatic heterocycles. The molecule has 3 aromatic rings. The SMILES string of the molecule is CC(F)(F)Oc1cccn(-c2ccc(N[C@H]3CC[C@H](Nc4ncc(C5CC5)nn4)C3)nc2)c1=O. The first-order valence-electron chi connectivity index (χ1n) is 11.3. The standard InChI is InChI=1S/C23H25F2N7O2/c1-23(24,25)34-19-3-2-10-32(21(19)33)17-8-9-20(26-12-17)28-15-6-7-16(11-15)29-22-27-13-18(30-31-22)14-4-5-14/h2-3,8-10,12-16H,4-7,11H2,1H3,(H,26,28)(H,27,29,31)/t15-,16-/m0/s1. The second-order valence-corrected chi connectivity index (χ2v) is 8.84. The third-order valence-electron chi connectivity index (χ3n) is 5.92. The molecule has 178 valence electrons. The molecular weight excluding hydrogens is 444 g/mol. The minimum absolute atomic E-state index is 0.223. The first-order chi connectivity index (χ1) is 16.3. The highest BCUT2D eigenvalue weighted by molar-refractivity contribution is 5.42. The van der Waals surface area contributed by atoms with E-state index in [1.807, 2.05) is 6.20 Å². The summed E-state index contributed by atoms with van der Waals surface area (Å²) in [6.45, 7) is 0.587. The molecule has 0 amide bonds. The van der Waals surface area contributed by atoms with Gasteiger partial charge < -0.3 is 15.4 Å². The zero-order chi connectivity index (χ0) is 23.7. The van der Waals surface area contributed by atoms with Crippen molar-refractivity contribution in [2.24, 2.45) is 0 Å². The van der Waals surface area contributed by atoms with Gasteiger partial charge in [-0.3, -0.25) is 9.36 Å². The molecule has 3 aromatic heterocycles. The summed E-state index contributed by atoms with van der Waals surface area (Å²) in [5.41, 5.74) is 0.736. The van der Waals surface area contributed by atoms with Gasteiger partial charge in [-0.1, -0.05) is 0 Å². The van der Waals surface area contributed by atoms with E-state index < -0.39 is 17.4 Å². The van der Waals surface area contributed by atoms with Crippen LogP contribution in [0.1, 0.15) is 50.6 Å². The van der Waals surface area contributed by atoms with Crippen molar-refractivity contribution in [3.63, 3.8) is 0 Å².